The number of hydrogen-bond acceptors (Lipinski definition) is 4. The molecule has 0 aliphatic carbocycles. The third-order valence-corrected chi connectivity index (χ3v) is 5.20. The Morgan fingerprint density at radius 3 is 2.72 bits per heavy atom. The standard InChI is InChI=1S/C18H20ClN3O2S/c19-13-5-6-15(18(24)22-7-1-2-8-22)16(10-13)20-12-17(23)21-11-14-4-3-9-25-14/h3-6,9-10,20H,1-2,7-8,11-12H2,(H,21,23). The number of carbonyl (C=O) groups is 2. The predicted molar refractivity (Wildman–Crippen MR) is 101 cm³/mol. The molecule has 1 fully saturated rings. The number of nitrogens with zero attached hydrogens (tertiary/aromatic N) is 1. The van der Waals surface area contributed by atoms with E-state index < -0.39 is 0 Å². The van der Waals surface area contributed by atoms with Crippen LogP contribution < -0.4 is 10.6 Å². The van der Waals surface area contributed by atoms with Gasteiger partial charge >= 0.3 is 0 Å². The summed E-state index contributed by atoms with van der Waals surface area (Å²) in [7, 11) is 0. The molecule has 1 saturated heterocycles. The molecule has 25 heavy (non-hydrogen) atoms. The summed E-state index contributed by atoms with van der Waals surface area (Å²) in [5.74, 6) is -0.149. The van der Waals surface area contributed by atoms with Crippen LogP contribution in [0.15, 0.2) is 35.7 Å². The summed E-state index contributed by atoms with van der Waals surface area (Å²) in [6.45, 7) is 2.16. The Labute approximate surface area is 156 Å². The van der Waals surface area contributed by atoms with E-state index in [-0.39, 0.29) is 18.4 Å². The maximum Gasteiger partial charge on any atom is 0.255 e. The SMILES string of the molecule is O=C(CNc1cc(Cl)ccc1C(=O)N1CCCC1)NCc1cccs1. The number of hydrogen-bond donors (Lipinski definition) is 2. The minimum atomic E-state index is -0.132. The molecule has 1 aliphatic heterocycles. The first kappa shape index (κ1) is 17.8. The second-order valence-electron chi connectivity index (χ2n) is 5.90. The zero-order chi connectivity index (χ0) is 17.6. The van der Waals surface area contributed by atoms with Crippen molar-refractivity contribution in [2.45, 2.75) is 19.4 Å². The average molecular weight is 378 g/mol. The van der Waals surface area contributed by atoms with Crippen molar-refractivity contribution in [3.63, 3.8) is 0 Å². The number of anilines is 1. The third-order valence-electron chi connectivity index (χ3n) is 4.08. The molecule has 0 bridgehead atoms. The Bertz CT molecular complexity index is 743. The summed E-state index contributed by atoms with van der Waals surface area (Å²) < 4.78 is 0. The first-order valence-electron chi connectivity index (χ1n) is 8.25. The van der Waals surface area contributed by atoms with Crippen LogP contribution in [0.2, 0.25) is 5.02 Å². The maximum atomic E-state index is 12.6. The Hall–Kier alpha value is -2.05. The number of amides is 2. The Balaban J connectivity index is 1.61. The van der Waals surface area contributed by atoms with Crippen molar-refractivity contribution in [1.82, 2.24) is 10.2 Å². The van der Waals surface area contributed by atoms with E-state index in [0.29, 0.717) is 22.8 Å². The van der Waals surface area contributed by atoms with Crippen LogP contribution in [0.3, 0.4) is 0 Å². The Morgan fingerprint density at radius 2 is 2.00 bits per heavy atom. The normalized spacial score (nSPS) is 13.7. The van der Waals surface area contributed by atoms with Crippen LogP contribution in [0.1, 0.15) is 28.1 Å². The largest absolute Gasteiger partial charge is 0.375 e. The first-order valence-corrected chi connectivity index (χ1v) is 9.51. The number of thiophene rings is 1. The highest BCUT2D eigenvalue weighted by molar-refractivity contribution is 7.09. The molecule has 3 rings (SSSR count). The average Bonchev–Trinajstić information content (AvgIpc) is 3.31. The highest BCUT2D eigenvalue weighted by Gasteiger charge is 2.22. The fourth-order valence-corrected chi connectivity index (χ4v) is 3.59. The van der Waals surface area contributed by atoms with Crippen molar-refractivity contribution in [2.24, 2.45) is 0 Å². The second-order valence-corrected chi connectivity index (χ2v) is 7.37. The molecule has 1 aliphatic rings. The van der Waals surface area contributed by atoms with Crippen molar-refractivity contribution in [2.75, 3.05) is 25.0 Å². The second kappa shape index (κ2) is 8.36. The van der Waals surface area contributed by atoms with Gasteiger partial charge in [0, 0.05) is 28.7 Å². The van der Waals surface area contributed by atoms with Crippen molar-refractivity contribution in [1.29, 1.82) is 0 Å². The molecule has 1 aromatic heterocycles. The van der Waals surface area contributed by atoms with Gasteiger partial charge in [0.2, 0.25) is 5.91 Å². The topological polar surface area (TPSA) is 61.4 Å². The van der Waals surface area contributed by atoms with Gasteiger partial charge in [0.05, 0.1) is 18.7 Å². The molecule has 1 aromatic carbocycles. The summed E-state index contributed by atoms with van der Waals surface area (Å²) >= 11 is 7.66. The molecule has 7 heteroatoms. The van der Waals surface area contributed by atoms with Crippen LogP contribution >= 0.6 is 22.9 Å². The fraction of sp³-hybridized carbons (Fsp3) is 0.333. The van der Waals surface area contributed by atoms with Crippen LogP contribution in [0.5, 0.6) is 0 Å². The molecule has 2 heterocycles. The van der Waals surface area contributed by atoms with Crippen LogP contribution in [0.25, 0.3) is 0 Å². The highest BCUT2D eigenvalue weighted by Crippen LogP contribution is 2.24. The molecular formula is C18H20ClN3O2S. The van der Waals surface area contributed by atoms with Gasteiger partial charge in [0.15, 0.2) is 0 Å². The van der Waals surface area contributed by atoms with Gasteiger partial charge in [-0.2, -0.15) is 0 Å². The molecule has 0 saturated carbocycles. The van der Waals surface area contributed by atoms with E-state index in [0.717, 1.165) is 30.8 Å². The predicted octanol–water partition coefficient (Wildman–Crippen LogP) is 3.37. The highest BCUT2D eigenvalue weighted by atomic mass is 35.5. The number of carbonyl (C=O) groups excluding carboxylic acids is 2. The summed E-state index contributed by atoms with van der Waals surface area (Å²) in [6, 6.07) is 9.04. The molecule has 2 amide bonds. The molecule has 2 aromatic rings. The minimum Gasteiger partial charge on any atom is -0.375 e. The molecule has 132 valence electrons. The van der Waals surface area contributed by atoms with Crippen LogP contribution in [-0.4, -0.2) is 36.3 Å². The Kier molecular flexibility index (Phi) is 5.94. The lowest BCUT2D eigenvalue weighted by Gasteiger charge is -2.18. The number of nitrogens with one attached hydrogen (secondary N) is 2. The van der Waals surface area contributed by atoms with E-state index in [4.69, 9.17) is 11.6 Å². The van der Waals surface area contributed by atoms with E-state index >= 15 is 0 Å². The Morgan fingerprint density at radius 1 is 1.20 bits per heavy atom. The van der Waals surface area contributed by atoms with Crippen LogP contribution in [0, 0.1) is 0 Å². The molecule has 0 spiro atoms. The number of benzene rings is 1. The molecular weight excluding hydrogens is 358 g/mol. The van der Waals surface area contributed by atoms with Gasteiger partial charge in [0.25, 0.3) is 5.91 Å². The van der Waals surface area contributed by atoms with E-state index in [1.165, 1.54) is 0 Å². The molecule has 0 unspecified atom stereocenters. The number of halogens is 1. The summed E-state index contributed by atoms with van der Waals surface area (Å²) in [5.41, 5.74) is 1.15. The van der Waals surface area contributed by atoms with Crippen LogP contribution in [0.4, 0.5) is 5.69 Å². The van der Waals surface area contributed by atoms with Crippen molar-refractivity contribution < 1.29 is 9.59 Å². The lowest BCUT2D eigenvalue weighted by molar-refractivity contribution is -0.119. The quantitative estimate of drug-likeness (QED) is 0.811. The van der Waals surface area contributed by atoms with Gasteiger partial charge in [-0.25, -0.2) is 0 Å². The summed E-state index contributed by atoms with van der Waals surface area (Å²) in [4.78, 5) is 27.6. The van der Waals surface area contributed by atoms with Gasteiger partial charge < -0.3 is 15.5 Å². The van der Waals surface area contributed by atoms with E-state index in [1.54, 1.807) is 29.5 Å². The number of likely N-dealkylation sites (tertiary alicyclic amines) is 1. The zero-order valence-corrected chi connectivity index (χ0v) is 15.3. The minimum absolute atomic E-state index is 0.0179. The van der Waals surface area contributed by atoms with Crippen molar-refractivity contribution in [3.05, 3.63) is 51.2 Å². The van der Waals surface area contributed by atoms with E-state index in [9.17, 15) is 9.59 Å². The van der Waals surface area contributed by atoms with E-state index in [1.807, 2.05) is 22.4 Å². The van der Waals surface area contributed by atoms with Gasteiger partial charge in [-0.15, -0.1) is 11.3 Å². The van der Waals surface area contributed by atoms with Gasteiger partial charge in [-0.05, 0) is 42.5 Å². The summed E-state index contributed by atoms with van der Waals surface area (Å²) in [5, 5.41) is 8.40. The number of rotatable bonds is 6. The lowest BCUT2D eigenvalue weighted by Crippen LogP contribution is -2.31. The monoisotopic (exact) mass is 377 g/mol. The van der Waals surface area contributed by atoms with Gasteiger partial charge in [0.1, 0.15) is 0 Å². The molecule has 2 N–H and O–H groups in total. The molecule has 0 radical (unpaired) electrons. The zero-order valence-electron chi connectivity index (χ0n) is 13.8. The first-order chi connectivity index (χ1) is 12.1. The smallest absolute Gasteiger partial charge is 0.255 e. The van der Waals surface area contributed by atoms with Crippen LogP contribution in [-0.2, 0) is 11.3 Å². The van der Waals surface area contributed by atoms with E-state index in [2.05, 4.69) is 10.6 Å². The van der Waals surface area contributed by atoms with Crippen molar-refractivity contribution >= 4 is 40.4 Å². The summed E-state index contributed by atoms with van der Waals surface area (Å²) in [6.07, 6.45) is 2.07. The van der Waals surface area contributed by atoms with Crippen molar-refractivity contribution in [3.8, 4) is 0 Å². The van der Waals surface area contributed by atoms with Gasteiger partial charge in [-0.1, -0.05) is 17.7 Å². The van der Waals surface area contributed by atoms with Gasteiger partial charge in [-0.3, -0.25) is 9.59 Å². The lowest BCUT2D eigenvalue weighted by atomic mass is 10.1. The fourth-order valence-electron chi connectivity index (χ4n) is 2.78. The molecule has 0 atom stereocenters. The third kappa shape index (κ3) is 4.74. The maximum absolute atomic E-state index is 12.6. The molecule has 5 nitrogen and oxygen atoms in total.